The van der Waals surface area contributed by atoms with Gasteiger partial charge in [0.05, 0.1) is 23.3 Å². The van der Waals surface area contributed by atoms with Crippen LogP contribution in [0.2, 0.25) is 0 Å². The summed E-state index contributed by atoms with van der Waals surface area (Å²) < 4.78 is 6.11. The number of nitrogens with one attached hydrogen (secondary N) is 1. The smallest absolute Gasteiger partial charge is 0.271 e. The lowest BCUT2D eigenvalue weighted by atomic mass is 10.3. The lowest BCUT2D eigenvalue weighted by Gasteiger charge is -2.03. The quantitative estimate of drug-likeness (QED) is 0.787. The number of methoxy groups -OCH3 is 1. The van der Waals surface area contributed by atoms with E-state index < -0.39 is 0 Å². The van der Waals surface area contributed by atoms with E-state index in [2.05, 4.69) is 5.32 Å². The van der Waals surface area contributed by atoms with Crippen LogP contribution in [0.4, 0.5) is 5.69 Å². The minimum absolute atomic E-state index is 0.0314. The zero-order valence-electron chi connectivity index (χ0n) is 10.6. The molecule has 1 aromatic carbocycles. The third-order valence-corrected chi connectivity index (χ3v) is 4.11. The van der Waals surface area contributed by atoms with Crippen molar-refractivity contribution in [1.82, 2.24) is 5.32 Å². The number of rotatable bonds is 5. The van der Waals surface area contributed by atoms with E-state index in [0.29, 0.717) is 18.7 Å². The number of benzene rings is 1. The van der Waals surface area contributed by atoms with Crippen LogP contribution in [0.15, 0.2) is 23.1 Å². The Morgan fingerprint density at radius 3 is 3.05 bits per heavy atom. The number of nitroso groups, excluding NO2 is 1. The summed E-state index contributed by atoms with van der Waals surface area (Å²) in [6, 6.07) is 5.37. The topological polar surface area (TPSA) is 84.4 Å². The van der Waals surface area contributed by atoms with Crippen LogP contribution in [-0.2, 0) is 4.79 Å². The fraction of sp³-hybridized carbons (Fsp3) is 0.417. The zero-order chi connectivity index (χ0) is 13.8. The molecule has 102 valence electrons. The average Bonchev–Trinajstić information content (AvgIpc) is 2.74. The molecular formula is C12H16N3O3S+. The van der Waals surface area contributed by atoms with Crippen LogP contribution in [0.3, 0.4) is 0 Å². The van der Waals surface area contributed by atoms with Crippen molar-refractivity contribution in [3.8, 4) is 5.75 Å². The SMILES string of the molecule is COc1ccc2c(c1)SC(CCNC(=O)CN)[N+]2=O. The normalized spacial score (nSPS) is 17.2. The molecule has 7 heteroatoms. The van der Waals surface area contributed by atoms with Crippen molar-refractivity contribution in [1.29, 1.82) is 0 Å². The minimum atomic E-state index is -0.222. The van der Waals surface area contributed by atoms with Gasteiger partial charge in [0.2, 0.25) is 5.91 Å². The van der Waals surface area contributed by atoms with Crippen molar-refractivity contribution < 1.29 is 14.3 Å². The molecule has 1 aliphatic rings. The molecule has 1 amide bonds. The molecule has 0 saturated carbocycles. The maximum atomic E-state index is 12.1. The first-order chi connectivity index (χ1) is 9.15. The van der Waals surface area contributed by atoms with Gasteiger partial charge < -0.3 is 15.8 Å². The summed E-state index contributed by atoms with van der Waals surface area (Å²) in [6.45, 7) is 0.411. The number of ether oxygens (including phenoxy) is 1. The Hall–Kier alpha value is -1.60. The molecule has 2 rings (SSSR count). The molecule has 0 bridgehead atoms. The number of carbonyl (C=O) groups is 1. The molecule has 1 aromatic rings. The third-order valence-electron chi connectivity index (χ3n) is 2.83. The van der Waals surface area contributed by atoms with Gasteiger partial charge in [0, 0.05) is 30.0 Å². The summed E-state index contributed by atoms with van der Waals surface area (Å²) in [5.41, 5.74) is 5.84. The molecule has 6 nitrogen and oxygen atoms in total. The maximum absolute atomic E-state index is 12.1. The lowest BCUT2D eigenvalue weighted by molar-refractivity contribution is -0.476. The monoisotopic (exact) mass is 282 g/mol. The second-order valence-electron chi connectivity index (χ2n) is 4.07. The molecule has 0 aromatic heterocycles. The van der Waals surface area contributed by atoms with Crippen LogP contribution in [0, 0.1) is 4.91 Å². The summed E-state index contributed by atoms with van der Waals surface area (Å²) in [7, 11) is 1.59. The summed E-state index contributed by atoms with van der Waals surface area (Å²) in [6.07, 6.45) is 0.566. The van der Waals surface area contributed by atoms with Gasteiger partial charge in [0.1, 0.15) is 5.75 Å². The molecule has 0 radical (unpaired) electrons. The van der Waals surface area contributed by atoms with Crippen molar-refractivity contribution in [2.45, 2.75) is 16.7 Å². The minimum Gasteiger partial charge on any atom is -0.497 e. The number of nitrogens with two attached hydrogens (primary N) is 1. The van der Waals surface area contributed by atoms with Crippen molar-refractivity contribution in [3.63, 3.8) is 0 Å². The van der Waals surface area contributed by atoms with Crippen LogP contribution in [-0.4, -0.2) is 36.2 Å². The van der Waals surface area contributed by atoms with E-state index in [0.717, 1.165) is 15.4 Å². The van der Waals surface area contributed by atoms with E-state index in [1.807, 2.05) is 6.07 Å². The summed E-state index contributed by atoms with van der Waals surface area (Å²) >= 11 is 1.48. The summed E-state index contributed by atoms with van der Waals surface area (Å²) in [5, 5.41) is 2.44. The first-order valence-corrected chi connectivity index (χ1v) is 6.81. The van der Waals surface area contributed by atoms with Crippen LogP contribution < -0.4 is 15.8 Å². The molecule has 0 fully saturated rings. The van der Waals surface area contributed by atoms with Gasteiger partial charge in [-0.25, -0.2) is 0 Å². The Bertz CT molecular complexity index is 507. The second kappa shape index (κ2) is 6.03. The third kappa shape index (κ3) is 3.05. The molecule has 0 spiro atoms. The molecular weight excluding hydrogens is 266 g/mol. The number of fused-ring (bicyclic) bond motifs is 1. The molecule has 0 saturated heterocycles. The van der Waals surface area contributed by atoms with Crippen molar-refractivity contribution in [2.24, 2.45) is 5.73 Å². The predicted octanol–water partition coefficient (Wildman–Crippen LogP) is 1.00. The van der Waals surface area contributed by atoms with E-state index in [4.69, 9.17) is 10.5 Å². The maximum Gasteiger partial charge on any atom is 0.271 e. The van der Waals surface area contributed by atoms with Gasteiger partial charge in [-0.05, 0) is 17.8 Å². The van der Waals surface area contributed by atoms with Crippen LogP contribution in [0.25, 0.3) is 0 Å². The second-order valence-corrected chi connectivity index (χ2v) is 5.29. The molecule has 3 N–H and O–H groups in total. The van der Waals surface area contributed by atoms with Gasteiger partial charge in [-0.2, -0.15) is 0 Å². The highest BCUT2D eigenvalue weighted by atomic mass is 32.2. The predicted molar refractivity (Wildman–Crippen MR) is 72.6 cm³/mol. The number of thioether (sulfide) groups is 1. The van der Waals surface area contributed by atoms with Gasteiger partial charge in [0.25, 0.3) is 11.1 Å². The number of hydrogen-bond donors (Lipinski definition) is 2. The van der Waals surface area contributed by atoms with Crippen molar-refractivity contribution >= 4 is 23.4 Å². The zero-order valence-corrected chi connectivity index (χ0v) is 11.4. The summed E-state index contributed by atoms with van der Waals surface area (Å²) in [4.78, 5) is 24.0. The van der Waals surface area contributed by atoms with Gasteiger partial charge in [0.15, 0.2) is 0 Å². The van der Waals surface area contributed by atoms with Crippen molar-refractivity contribution in [3.05, 3.63) is 23.1 Å². The standard InChI is InChI=1S/C12H15N3O3S/c1-18-8-2-3-9-10(6-8)19-12(15(9)17)4-5-14-11(16)7-13/h2-3,6,12H,4-5,7,13H2,1H3/p+1. The van der Waals surface area contributed by atoms with E-state index >= 15 is 0 Å². The van der Waals surface area contributed by atoms with E-state index in [-0.39, 0.29) is 17.8 Å². The average molecular weight is 282 g/mol. The number of amides is 1. The largest absolute Gasteiger partial charge is 0.497 e. The molecule has 1 heterocycles. The number of hydrogen-bond acceptors (Lipinski definition) is 5. The van der Waals surface area contributed by atoms with Crippen LogP contribution in [0.1, 0.15) is 6.42 Å². The van der Waals surface area contributed by atoms with Gasteiger partial charge in [-0.3, -0.25) is 4.79 Å². The van der Waals surface area contributed by atoms with E-state index in [9.17, 15) is 9.70 Å². The fourth-order valence-electron chi connectivity index (χ4n) is 1.83. The van der Waals surface area contributed by atoms with Crippen molar-refractivity contribution in [2.75, 3.05) is 20.2 Å². The van der Waals surface area contributed by atoms with Gasteiger partial charge >= 0.3 is 0 Å². The molecule has 1 atom stereocenters. The Kier molecular flexibility index (Phi) is 4.39. The fourth-order valence-corrected chi connectivity index (χ4v) is 3.03. The van der Waals surface area contributed by atoms with Gasteiger partial charge in [-0.15, -0.1) is 0 Å². The first-order valence-electron chi connectivity index (χ1n) is 5.93. The van der Waals surface area contributed by atoms with Gasteiger partial charge in [-0.1, -0.05) is 0 Å². The Morgan fingerprint density at radius 2 is 2.37 bits per heavy atom. The molecule has 1 unspecified atom stereocenters. The number of carbonyl (C=O) groups excluding carboxylic acids is 1. The van der Waals surface area contributed by atoms with E-state index in [1.165, 1.54) is 11.8 Å². The Morgan fingerprint density at radius 1 is 1.58 bits per heavy atom. The van der Waals surface area contributed by atoms with E-state index in [1.54, 1.807) is 19.2 Å². The lowest BCUT2D eigenvalue weighted by Crippen LogP contribution is -2.32. The number of nitrogens with zero attached hydrogens (tertiary/aromatic N) is 1. The first kappa shape index (κ1) is 13.8. The molecule has 0 aliphatic carbocycles. The highest BCUT2D eigenvalue weighted by molar-refractivity contribution is 8.00. The summed E-state index contributed by atoms with van der Waals surface area (Å²) in [5.74, 6) is 0.524. The molecule has 1 aliphatic heterocycles. The molecule has 19 heavy (non-hydrogen) atoms. The Labute approximate surface area is 115 Å². The highest BCUT2D eigenvalue weighted by Crippen LogP contribution is 2.44. The van der Waals surface area contributed by atoms with Crippen LogP contribution >= 0.6 is 11.8 Å². The Balaban J connectivity index is 1.96. The van der Waals surface area contributed by atoms with Crippen LogP contribution in [0.5, 0.6) is 5.75 Å². The highest BCUT2D eigenvalue weighted by Gasteiger charge is 2.39.